The molecular weight excluding hydrogens is 266 g/mol. The van der Waals surface area contributed by atoms with Crippen molar-refractivity contribution in [1.29, 1.82) is 0 Å². The first-order valence-corrected chi connectivity index (χ1v) is 8.78. The Bertz CT molecular complexity index is 431. The van der Waals surface area contributed by atoms with E-state index in [0.29, 0.717) is 6.04 Å². The van der Waals surface area contributed by atoms with Crippen molar-refractivity contribution in [2.45, 2.75) is 51.4 Å². The topological polar surface area (TPSA) is 18.5 Å². The van der Waals surface area contributed by atoms with E-state index in [-0.39, 0.29) is 0 Å². The largest absolute Gasteiger partial charge is 0.315 e. The molecule has 1 aromatic rings. The number of piperazine rings is 1. The lowest BCUT2D eigenvalue weighted by molar-refractivity contribution is 0.0116. The van der Waals surface area contributed by atoms with E-state index in [1.807, 2.05) is 18.4 Å². The van der Waals surface area contributed by atoms with Crippen LogP contribution in [-0.2, 0) is 13.1 Å². The molecule has 0 radical (unpaired) electrons. The number of piperidine rings is 1. The summed E-state index contributed by atoms with van der Waals surface area (Å²) in [4.78, 5) is 8.39. The van der Waals surface area contributed by atoms with Crippen LogP contribution in [0.4, 0.5) is 0 Å². The van der Waals surface area contributed by atoms with Gasteiger partial charge in [0.2, 0.25) is 0 Å². The molecule has 2 aliphatic rings. The summed E-state index contributed by atoms with van der Waals surface area (Å²) in [5, 5.41) is 3.24. The number of thiophene rings is 1. The number of nitrogens with one attached hydrogen (secondary N) is 1. The summed E-state index contributed by atoms with van der Waals surface area (Å²) in [6.07, 6.45) is 4.23. The fourth-order valence-electron chi connectivity index (χ4n) is 3.61. The second kappa shape index (κ2) is 6.56. The van der Waals surface area contributed by atoms with Crippen molar-refractivity contribution in [3.63, 3.8) is 0 Å². The summed E-state index contributed by atoms with van der Waals surface area (Å²) in [5.74, 6) is 0. The number of fused-ring (bicyclic) bond motifs is 1. The molecule has 2 aliphatic heterocycles. The van der Waals surface area contributed by atoms with Gasteiger partial charge in [-0.2, -0.15) is 0 Å². The van der Waals surface area contributed by atoms with Crippen molar-refractivity contribution < 1.29 is 0 Å². The van der Waals surface area contributed by atoms with Crippen LogP contribution < -0.4 is 5.32 Å². The molecule has 2 fully saturated rings. The molecule has 2 saturated heterocycles. The van der Waals surface area contributed by atoms with Gasteiger partial charge in [0.25, 0.3) is 0 Å². The molecule has 0 saturated carbocycles. The first kappa shape index (κ1) is 14.5. The Balaban J connectivity index is 1.61. The standard InChI is InChI=1S/C16H27N3S/c1-13-10-18-8-4-3-5-14(18)11-19(13)12-16-7-6-15(20-16)9-17-2/h6-7,13-14,17H,3-5,8-12H2,1-2H3. The van der Waals surface area contributed by atoms with Gasteiger partial charge in [0.05, 0.1) is 0 Å². The summed E-state index contributed by atoms with van der Waals surface area (Å²) < 4.78 is 0. The molecule has 3 heterocycles. The third kappa shape index (κ3) is 3.25. The Hall–Kier alpha value is -0.420. The Morgan fingerprint density at radius 3 is 2.95 bits per heavy atom. The van der Waals surface area contributed by atoms with Gasteiger partial charge in [-0.25, -0.2) is 0 Å². The molecule has 2 atom stereocenters. The molecule has 1 N–H and O–H groups in total. The van der Waals surface area contributed by atoms with Gasteiger partial charge in [0.15, 0.2) is 0 Å². The predicted octanol–water partition coefficient (Wildman–Crippen LogP) is 2.53. The Kier molecular flexibility index (Phi) is 4.76. The van der Waals surface area contributed by atoms with Crippen LogP contribution >= 0.6 is 11.3 Å². The number of hydrogen-bond acceptors (Lipinski definition) is 4. The number of rotatable bonds is 4. The zero-order chi connectivity index (χ0) is 13.9. The Morgan fingerprint density at radius 2 is 2.10 bits per heavy atom. The Morgan fingerprint density at radius 1 is 1.25 bits per heavy atom. The monoisotopic (exact) mass is 293 g/mol. The van der Waals surface area contributed by atoms with Crippen LogP contribution in [0, 0.1) is 0 Å². The van der Waals surface area contributed by atoms with Crippen molar-refractivity contribution in [3.05, 3.63) is 21.9 Å². The van der Waals surface area contributed by atoms with Crippen LogP contribution in [0.2, 0.25) is 0 Å². The Labute approximate surface area is 127 Å². The maximum Gasteiger partial charge on any atom is 0.0332 e. The van der Waals surface area contributed by atoms with E-state index in [4.69, 9.17) is 0 Å². The minimum atomic E-state index is 0.694. The van der Waals surface area contributed by atoms with Crippen LogP contribution in [0.3, 0.4) is 0 Å². The first-order chi connectivity index (χ1) is 9.76. The third-order valence-electron chi connectivity index (χ3n) is 4.74. The van der Waals surface area contributed by atoms with Gasteiger partial charge in [-0.1, -0.05) is 6.42 Å². The smallest absolute Gasteiger partial charge is 0.0332 e. The van der Waals surface area contributed by atoms with Crippen molar-refractivity contribution in [1.82, 2.24) is 15.1 Å². The molecule has 0 spiro atoms. The maximum atomic E-state index is 3.24. The van der Waals surface area contributed by atoms with Gasteiger partial charge < -0.3 is 5.32 Å². The van der Waals surface area contributed by atoms with Crippen molar-refractivity contribution >= 4 is 11.3 Å². The van der Waals surface area contributed by atoms with Gasteiger partial charge in [0.1, 0.15) is 0 Å². The fraction of sp³-hybridized carbons (Fsp3) is 0.750. The lowest BCUT2D eigenvalue weighted by Gasteiger charge is -2.47. The average Bonchev–Trinajstić information content (AvgIpc) is 2.87. The van der Waals surface area contributed by atoms with Crippen LogP contribution in [0.15, 0.2) is 12.1 Å². The molecule has 0 aromatic carbocycles. The van der Waals surface area contributed by atoms with Crippen LogP contribution in [0.5, 0.6) is 0 Å². The molecule has 3 nitrogen and oxygen atoms in total. The van der Waals surface area contributed by atoms with Gasteiger partial charge in [-0.3, -0.25) is 9.80 Å². The summed E-state index contributed by atoms with van der Waals surface area (Å²) in [7, 11) is 2.02. The highest BCUT2D eigenvalue weighted by Crippen LogP contribution is 2.26. The van der Waals surface area contributed by atoms with Crippen LogP contribution in [0.1, 0.15) is 35.9 Å². The minimum Gasteiger partial charge on any atom is -0.315 e. The highest BCUT2D eigenvalue weighted by molar-refractivity contribution is 7.11. The van der Waals surface area contributed by atoms with Gasteiger partial charge in [-0.15, -0.1) is 11.3 Å². The van der Waals surface area contributed by atoms with Gasteiger partial charge in [-0.05, 0) is 45.5 Å². The highest BCUT2D eigenvalue weighted by Gasteiger charge is 2.32. The zero-order valence-electron chi connectivity index (χ0n) is 12.8. The molecule has 3 rings (SSSR count). The number of nitrogens with zero attached hydrogens (tertiary/aromatic N) is 2. The quantitative estimate of drug-likeness (QED) is 0.920. The molecule has 112 valence electrons. The van der Waals surface area contributed by atoms with E-state index in [0.717, 1.165) is 19.1 Å². The van der Waals surface area contributed by atoms with E-state index in [9.17, 15) is 0 Å². The van der Waals surface area contributed by atoms with Crippen molar-refractivity contribution in [2.75, 3.05) is 26.7 Å². The third-order valence-corrected chi connectivity index (χ3v) is 5.81. The van der Waals surface area contributed by atoms with E-state index < -0.39 is 0 Å². The van der Waals surface area contributed by atoms with Crippen LogP contribution in [-0.4, -0.2) is 48.6 Å². The normalized spacial score (nSPS) is 28.5. The molecular formula is C16H27N3S. The molecule has 0 bridgehead atoms. The molecule has 1 aromatic heterocycles. The molecule has 0 aliphatic carbocycles. The van der Waals surface area contributed by atoms with E-state index in [1.165, 1.54) is 48.7 Å². The first-order valence-electron chi connectivity index (χ1n) is 7.96. The number of hydrogen-bond donors (Lipinski definition) is 1. The molecule has 20 heavy (non-hydrogen) atoms. The average molecular weight is 293 g/mol. The maximum absolute atomic E-state index is 3.24. The summed E-state index contributed by atoms with van der Waals surface area (Å²) >= 11 is 1.96. The fourth-order valence-corrected chi connectivity index (χ4v) is 4.67. The van der Waals surface area contributed by atoms with Crippen molar-refractivity contribution in [3.8, 4) is 0 Å². The minimum absolute atomic E-state index is 0.694. The summed E-state index contributed by atoms with van der Waals surface area (Å²) in [6.45, 7) is 8.39. The van der Waals surface area contributed by atoms with E-state index >= 15 is 0 Å². The van der Waals surface area contributed by atoms with E-state index in [2.05, 4.69) is 34.2 Å². The highest BCUT2D eigenvalue weighted by atomic mass is 32.1. The van der Waals surface area contributed by atoms with Gasteiger partial charge in [0, 0.05) is 48.0 Å². The molecule has 4 heteroatoms. The second-order valence-corrected chi connectivity index (χ2v) is 7.57. The second-order valence-electron chi connectivity index (χ2n) is 6.32. The van der Waals surface area contributed by atoms with Crippen molar-refractivity contribution in [2.24, 2.45) is 0 Å². The van der Waals surface area contributed by atoms with Gasteiger partial charge >= 0.3 is 0 Å². The lowest BCUT2D eigenvalue weighted by atomic mass is 9.97. The molecule has 0 amide bonds. The SMILES string of the molecule is CNCc1ccc(CN2CC3CCCCN3CC2C)s1. The zero-order valence-corrected chi connectivity index (χ0v) is 13.6. The summed E-state index contributed by atoms with van der Waals surface area (Å²) in [6, 6.07) is 6.10. The van der Waals surface area contributed by atoms with Crippen LogP contribution in [0.25, 0.3) is 0 Å². The molecule has 2 unspecified atom stereocenters. The van der Waals surface area contributed by atoms with E-state index in [1.54, 1.807) is 0 Å². The summed E-state index contributed by atoms with van der Waals surface area (Å²) in [5.41, 5.74) is 0. The predicted molar refractivity (Wildman–Crippen MR) is 86.2 cm³/mol. The lowest BCUT2D eigenvalue weighted by Crippen LogP contribution is -2.58.